The highest BCUT2D eigenvalue weighted by Gasteiger charge is 2.04. The van der Waals surface area contributed by atoms with E-state index in [-0.39, 0.29) is 6.61 Å². The Morgan fingerprint density at radius 3 is 2.85 bits per heavy atom. The van der Waals surface area contributed by atoms with Crippen molar-refractivity contribution in [2.24, 2.45) is 0 Å². The molecule has 0 aliphatic carbocycles. The van der Waals surface area contributed by atoms with E-state index in [2.05, 4.69) is 11.8 Å². The molecule has 0 amide bonds. The molecule has 0 radical (unpaired) electrons. The van der Waals surface area contributed by atoms with E-state index in [0.717, 1.165) is 12.5 Å². The van der Waals surface area contributed by atoms with Crippen LogP contribution in [0, 0.1) is 11.8 Å². The summed E-state index contributed by atoms with van der Waals surface area (Å²) < 4.78 is 11.1. The molecule has 0 aliphatic heterocycles. The van der Waals surface area contributed by atoms with Gasteiger partial charge in [0.05, 0.1) is 6.61 Å². The lowest BCUT2D eigenvalue weighted by atomic mass is 10.1. The average molecular weight is 274 g/mol. The van der Waals surface area contributed by atoms with Crippen LogP contribution in [-0.4, -0.2) is 24.3 Å². The Hall–Kier alpha value is -2.41. The van der Waals surface area contributed by atoms with Crippen LogP contribution in [0.25, 0.3) is 6.08 Å². The number of aliphatic carboxylic acids is 1. The van der Waals surface area contributed by atoms with E-state index in [1.807, 2.05) is 6.92 Å². The first-order valence-corrected chi connectivity index (χ1v) is 6.37. The molecule has 0 atom stereocenters. The van der Waals surface area contributed by atoms with Crippen molar-refractivity contribution < 1.29 is 19.4 Å². The standard InChI is InChI=1S/C16H18O4/c1-3-5-11-20-15-12-14(19-10-4-2)8-6-13(15)7-9-16(17)18/h6-9,12H,4,10-11H2,1-2H3,(H,17,18). The van der Waals surface area contributed by atoms with Crippen LogP contribution in [0.3, 0.4) is 0 Å². The van der Waals surface area contributed by atoms with Crippen molar-refractivity contribution in [3.63, 3.8) is 0 Å². The van der Waals surface area contributed by atoms with Crippen molar-refractivity contribution in [1.29, 1.82) is 0 Å². The van der Waals surface area contributed by atoms with Gasteiger partial charge >= 0.3 is 5.97 Å². The molecule has 0 saturated heterocycles. The monoisotopic (exact) mass is 274 g/mol. The second kappa shape index (κ2) is 8.65. The molecule has 1 aromatic rings. The fourth-order valence-corrected chi connectivity index (χ4v) is 1.43. The van der Waals surface area contributed by atoms with Crippen molar-refractivity contribution in [3.8, 4) is 23.3 Å². The van der Waals surface area contributed by atoms with Gasteiger partial charge < -0.3 is 14.6 Å². The lowest BCUT2D eigenvalue weighted by Gasteiger charge is -2.10. The van der Waals surface area contributed by atoms with Crippen LogP contribution < -0.4 is 9.47 Å². The zero-order chi connectivity index (χ0) is 14.8. The topological polar surface area (TPSA) is 55.8 Å². The van der Waals surface area contributed by atoms with Gasteiger partial charge in [-0.3, -0.25) is 0 Å². The maximum absolute atomic E-state index is 10.6. The molecule has 4 heteroatoms. The molecule has 0 heterocycles. The molecule has 1 N–H and O–H groups in total. The normalized spacial score (nSPS) is 9.90. The smallest absolute Gasteiger partial charge is 0.328 e. The Labute approximate surface area is 119 Å². The first-order chi connectivity index (χ1) is 9.67. The molecular formula is C16H18O4. The lowest BCUT2D eigenvalue weighted by Crippen LogP contribution is -1.99. The van der Waals surface area contributed by atoms with E-state index >= 15 is 0 Å². The Morgan fingerprint density at radius 2 is 2.20 bits per heavy atom. The predicted molar refractivity (Wildman–Crippen MR) is 77.8 cm³/mol. The van der Waals surface area contributed by atoms with Gasteiger partial charge in [-0.1, -0.05) is 12.8 Å². The summed E-state index contributed by atoms with van der Waals surface area (Å²) >= 11 is 0. The van der Waals surface area contributed by atoms with Gasteiger partial charge in [0.1, 0.15) is 18.1 Å². The van der Waals surface area contributed by atoms with Gasteiger partial charge in [-0.25, -0.2) is 4.79 Å². The quantitative estimate of drug-likeness (QED) is 0.613. The van der Waals surface area contributed by atoms with Gasteiger partial charge in [0.25, 0.3) is 0 Å². The summed E-state index contributed by atoms with van der Waals surface area (Å²) in [5.74, 6) is 5.78. The SMILES string of the molecule is CC#CCOc1cc(OCCC)ccc1C=CC(=O)O. The molecule has 0 fully saturated rings. The highest BCUT2D eigenvalue weighted by atomic mass is 16.5. The molecule has 0 unspecified atom stereocenters. The first-order valence-electron chi connectivity index (χ1n) is 6.37. The van der Waals surface area contributed by atoms with Crippen LogP contribution in [0.2, 0.25) is 0 Å². The van der Waals surface area contributed by atoms with Crippen LogP contribution in [0.15, 0.2) is 24.3 Å². The van der Waals surface area contributed by atoms with Crippen LogP contribution in [0.1, 0.15) is 25.8 Å². The highest BCUT2D eigenvalue weighted by molar-refractivity contribution is 5.86. The third kappa shape index (κ3) is 5.49. The summed E-state index contributed by atoms with van der Waals surface area (Å²) in [5, 5.41) is 8.68. The minimum absolute atomic E-state index is 0.252. The minimum Gasteiger partial charge on any atom is -0.493 e. The van der Waals surface area contributed by atoms with Crippen molar-refractivity contribution in [2.75, 3.05) is 13.2 Å². The van der Waals surface area contributed by atoms with Gasteiger partial charge in [0.15, 0.2) is 0 Å². The summed E-state index contributed by atoms with van der Waals surface area (Å²) in [4.78, 5) is 10.6. The number of rotatable bonds is 7. The van der Waals surface area contributed by atoms with Gasteiger partial charge in [-0.05, 0) is 31.6 Å². The number of carboxylic acid groups (broad SMARTS) is 1. The second-order valence-corrected chi connectivity index (χ2v) is 3.94. The zero-order valence-corrected chi connectivity index (χ0v) is 11.7. The van der Waals surface area contributed by atoms with Gasteiger partial charge in [-0.15, -0.1) is 5.92 Å². The highest BCUT2D eigenvalue weighted by Crippen LogP contribution is 2.26. The molecule has 106 valence electrons. The predicted octanol–water partition coefficient (Wildman–Crippen LogP) is 2.98. The molecule has 0 aromatic heterocycles. The maximum atomic E-state index is 10.6. The Morgan fingerprint density at radius 1 is 1.40 bits per heavy atom. The first kappa shape index (κ1) is 15.6. The molecule has 1 rings (SSSR count). The molecule has 0 spiro atoms. The Bertz CT molecular complexity index is 535. The lowest BCUT2D eigenvalue weighted by molar-refractivity contribution is -0.131. The minimum atomic E-state index is -1.00. The number of hydrogen-bond acceptors (Lipinski definition) is 3. The van der Waals surface area contributed by atoms with Crippen molar-refractivity contribution in [1.82, 2.24) is 0 Å². The maximum Gasteiger partial charge on any atom is 0.328 e. The zero-order valence-electron chi connectivity index (χ0n) is 11.7. The van der Waals surface area contributed by atoms with E-state index < -0.39 is 5.97 Å². The summed E-state index contributed by atoms with van der Waals surface area (Å²) in [6.45, 7) is 4.63. The van der Waals surface area contributed by atoms with Crippen LogP contribution >= 0.6 is 0 Å². The van der Waals surface area contributed by atoms with Gasteiger partial charge in [-0.2, -0.15) is 0 Å². The number of carboxylic acids is 1. The van der Waals surface area contributed by atoms with E-state index in [4.69, 9.17) is 14.6 Å². The fraction of sp³-hybridized carbons (Fsp3) is 0.312. The van der Waals surface area contributed by atoms with E-state index in [1.165, 1.54) is 6.08 Å². The van der Waals surface area contributed by atoms with E-state index in [9.17, 15) is 4.79 Å². The molecule has 0 saturated carbocycles. The largest absolute Gasteiger partial charge is 0.493 e. The number of ether oxygens (including phenoxy) is 2. The molecule has 0 aliphatic rings. The van der Waals surface area contributed by atoms with Crippen molar-refractivity contribution in [3.05, 3.63) is 29.8 Å². The Balaban J connectivity index is 2.94. The third-order valence-electron chi connectivity index (χ3n) is 2.34. The molecular weight excluding hydrogens is 256 g/mol. The second-order valence-electron chi connectivity index (χ2n) is 3.94. The summed E-state index contributed by atoms with van der Waals surface area (Å²) in [6, 6.07) is 5.29. The number of hydrogen-bond donors (Lipinski definition) is 1. The van der Waals surface area contributed by atoms with E-state index in [1.54, 1.807) is 25.1 Å². The summed E-state index contributed by atoms with van der Waals surface area (Å²) in [6.07, 6.45) is 3.47. The third-order valence-corrected chi connectivity index (χ3v) is 2.34. The molecule has 1 aromatic carbocycles. The Kier molecular flexibility index (Phi) is 6.77. The van der Waals surface area contributed by atoms with Crippen LogP contribution in [0.5, 0.6) is 11.5 Å². The molecule has 20 heavy (non-hydrogen) atoms. The average Bonchev–Trinajstić information content (AvgIpc) is 2.44. The van der Waals surface area contributed by atoms with Gasteiger partial charge in [0, 0.05) is 17.7 Å². The van der Waals surface area contributed by atoms with Crippen LogP contribution in [-0.2, 0) is 4.79 Å². The summed E-state index contributed by atoms with van der Waals surface area (Å²) in [7, 11) is 0. The number of carbonyl (C=O) groups is 1. The fourth-order valence-electron chi connectivity index (χ4n) is 1.43. The van der Waals surface area contributed by atoms with Gasteiger partial charge in [0.2, 0.25) is 0 Å². The van der Waals surface area contributed by atoms with Crippen molar-refractivity contribution >= 4 is 12.0 Å². The summed E-state index contributed by atoms with van der Waals surface area (Å²) in [5.41, 5.74) is 0.675. The van der Waals surface area contributed by atoms with E-state index in [0.29, 0.717) is 23.7 Å². The molecule has 0 bridgehead atoms. The number of benzene rings is 1. The van der Waals surface area contributed by atoms with Crippen molar-refractivity contribution in [2.45, 2.75) is 20.3 Å². The molecule has 4 nitrogen and oxygen atoms in total. The van der Waals surface area contributed by atoms with Crippen LogP contribution in [0.4, 0.5) is 0 Å².